The molecule has 0 amide bonds. The third-order valence-corrected chi connectivity index (χ3v) is 9.60. The molecule has 6 atom stereocenters. The molecule has 0 unspecified atom stereocenters. The molecule has 12 nitrogen and oxygen atoms in total. The van der Waals surface area contributed by atoms with Gasteiger partial charge in [-0.15, -0.1) is 0 Å². The Kier molecular flexibility index (Phi) is 18.4. The van der Waals surface area contributed by atoms with Crippen LogP contribution in [0.3, 0.4) is 0 Å². The van der Waals surface area contributed by atoms with Crippen molar-refractivity contribution in [3.8, 4) is 0 Å². The number of ether oxygens (including phenoxy) is 4. The van der Waals surface area contributed by atoms with Gasteiger partial charge in [0.2, 0.25) is 0 Å². The number of carbonyl (C=O) groups excluding carboxylic acids is 2. The van der Waals surface area contributed by atoms with Crippen molar-refractivity contribution in [3.05, 3.63) is 133 Å². The summed E-state index contributed by atoms with van der Waals surface area (Å²) in [4.78, 5) is 35.3. The first-order valence-electron chi connectivity index (χ1n) is 18.7. The van der Waals surface area contributed by atoms with Crippen LogP contribution in [-0.4, -0.2) is 83.0 Å². The molecule has 2 aromatic heterocycles. The number of fused-ring (bicyclic) bond motifs is 4. The van der Waals surface area contributed by atoms with Crippen molar-refractivity contribution in [2.24, 2.45) is 10.8 Å². The first-order valence-corrected chi connectivity index (χ1v) is 18.7. The van der Waals surface area contributed by atoms with E-state index in [9.17, 15) is 19.8 Å². The zero-order valence-corrected chi connectivity index (χ0v) is 33.7. The van der Waals surface area contributed by atoms with Gasteiger partial charge in [0, 0.05) is 37.9 Å². The average molecular weight is 775 g/mol. The van der Waals surface area contributed by atoms with Gasteiger partial charge in [-0.3, -0.25) is 0 Å². The number of nitrogens with zero attached hydrogens (tertiary/aromatic N) is 2. The zero-order valence-electron chi connectivity index (χ0n) is 33.7. The van der Waals surface area contributed by atoms with E-state index in [4.69, 9.17) is 27.8 Å². The summed E-state index contributed by atoms with van der Waals surface area (Å²) in [6, 6.07) is 0. The number of allylic oxidation sites excluding steroid dienone is 10. The summed E-state index contributed by atoms with van der Waals surface area (Å²) in [6.45, 7) is 11.0. The molecule has 0 fully saturated rings. The van der Waals surface area contributed by atoms with Crippen molar-refractivity contribution in [1.29, 1.82) is 0 Å². The number of esters is 2. The van der Waals surface area contributed by atoms with E-state index in [2.05, 4.69) is 9.97 Å². The van der Waals surface area contributed by atoms with Crippen LogP contribution in [0.1, 0.15) is 87.1 Å². The molecule has 56 heavy (non-hydrogen) atoms. The van der Waals surface area contributed by atoms with Crippen LogP contribution < -0.4 is 0 Å². The lowest BCUT2D eigenvalue weighted by atomic mass is 9.79. The molecule has 0 radical (unpaired) electrons. The van der Waals surface area contributed by atoms with Crippen molar-refractivity contribution in [1.82, 2.24) is 9.97 Å². The number of aliphatic hydroxyl groups excluding tert-OH is 2. The SMILES string of the molecule is CC=C[C@H](O)C(C)(C)[C@H]1CC=CC=CC=C[C@H](OC)Cc2nc(co2)C(=O)O[C@@H](C(C)(C)[C@@H](O)C=CC)CC=CC=CC=C[C@H](OC)Cc2nc(co2)C(=O)O1. The van der Waals surface area contributed by atoms with Crippen LogP contribution in [0.2, 0.25) is 0 Å². The van der Waals surface area contributed by atoms with Crippen LogP contribution in [0.5, 0.6) is 0 Å². The Morgan fingerprint density at radius 3 is 1.39 bits per heavy atom. The zero-order chi connectivity index (χ0) is 41.1. The number of cyclic esters (lactones) is 2. The Labute approximate surface area is 330 Å². The Morgan fingerprint density at radius 1 is 0.661 bits per heavy atom. The smallest absolute Gasteiger partial charge is 0.360 e. The Balaban J connectivity index is 1.93. The van der Waals surface area contributed by atoms with Crippen LogP contribution >= 0.6 is 0 Å². The molecule has 0 aliphatic carbocycles. The fourth-order valence-corrected chi connectivity index (χ4v) is 5.62. The normalized spacial score (nSPS) is 22.7. The third-order valence-electron chi connectivity index (χ3n) is 9.60. The standard InChI is InChI=1S/C44H58N2O10/c1-9-21-35(47)43(3,4)37-25-19-15-11-13-17-23-32(52-8)28-40-46-34(30-54-40)42(50)56-38(44(5,6)36(48)22-10-2)26-20-16-12-14-18-24-31(51-7)27-39-45-33(29-53-39)41(49)55-37/h9-24,29-32,35-38,47-48H,25-28H2,1-8H3/t31-,32-,35-,36-,37+,38+/m0/s1. The van der Waals surface area contributed by atoms with Gasteiger partial charge >= 0.3 is 11.9 Å². The van der Waals surface area contributed by atoms with Crippen LogP contribution in [0.4, 0.5) is 0 Å². The predicted molar refractivity (Wildman–Crippen MR) is 214 cm³/mol. The number of hydrogen-bond donors (Lipinski definition) is 2. The quantitative estimate of drug-likeness (QED) is 0.200. The minimum absolute atomic E-state index is 0.0120. The van der Waals surface area contributed by atoms with E-state index in [1.165, 1.54) is 12.5 Å². The van der Waals surface area contributed by atoms with E-state index in [1.54, 1.807) is 38.5 Å². The molecule has 0 aromatic carbocycles. The molecule has 1 aliphatic rings. The van der Waals surface area contributed by atoms with Gasteiger partial charge in [0.25, 0.3) is 0 Å². The lowest BCUT2D eigenvalue weighted by molar-refractivity contribution is -0.0461. The molecule has 2 N–H and O–H groups in total. The van der Waals surface area contributed by atoms with Gasteiger partial charge in [-0.1, -0.05) is 125 Å². The molecule has 2 aromatic rings. The number of methoxy groups -OCH3 is 2. The van der Waals surface area contributed by atoms with E-state index in [0.29, 0.717) is 24.6 Å². The number of hydrogen-bond acceptors (Lipinski definition) is 12. The summed E-state index contributed by atoms with van der Waals surface area (Å²) in [7, 11) is 3.12. The summed E-state index contributed by atoms with van der Waals surface area (Å²) in [5.74, 6) is -0.754. The van der Waals surface area contributed by atoms with Gasteiger partial charge < -0.3 is 38.0 Å². The molecule has 0 spiro atoms. The van der Waals surface area contributed by atoms with Crippen LogP contribution in [0.25, 0.3) is 0 Å². The van der Waals surface area contributed by atoms with Crippen LogP contribution in [0.15, 0.2) is 119 Å². The largest absolute Gasteiger partial charge is 0.457 e. The van der Waals surface area contributed by atoms with E-state index in [1.807, 2.05) is 114 Å². The summed E-state index contributed by atoms with van der Waals surface area (Å²) >= 11 is 0. The monoisotopic (exact) mass is 774 g/mol. The molecular formula is C44H58N2O10. The lowest BCUT2D eigenvalue weighted by Crippen LogP contribution is -2.42. The van der Waals surface area contributed by atoms with Gasteiger partial charge in [0.15, 0.2) is 23.2 Å². The topological polar surface area (TPSA) is 164 Å². The van der Waals surface area contributed by atoms with Gasteiger partial charge in [-0.2, -0.15) is 0 Å². The third kappa shape index (κ3) is 13.7. The molecule has 0 saturated carbocycles. The number of oxazole rings is 2. The van der Waals surface area contributed by atoms with Crippen molar-refractivity contribution < 1.29 is 47.6 Å². The van der Waals surface area contributed by atoms with Gasteiger partial charge in [0.05, 0.1) is 37.3 Å². The molecule has 1 aliphatic heterocycles. The number of carbonyl (C=O) groups is 2. The van der Waals surface area contributed by atoms with E-state index >= 15 is 0 Å². The van der Waals surface area contributed by atoms with Crippen LogP contribution in [-0.2, 0) is 31.8 Å². The number of rotatable bonds is 8. The number of aliphatic hydroxyl groups is 2. The summed E-state index contributed by atoms with van der Waals surface area (Å²) in [6.07, 6.45) is 28.4. The molecule has 304 valence electrons. The first kappa shape index (κ1) is 45.5. The number of aromatic nitrogens is 2. The Morgan fingerprint density at radius 2 is 1.04 bits per heavy atom. The van der Waals surface area contributed by atoms with Crippen molar-refractivity contribution in [3.63, 3.8) is 0 Å². The fourth-order valence-electron chi connectivity index (χ4n) is 5.62. The van der Waals surface area contributed by atoms with E-state index < -0.39 is 59.4 Å². The van der Waals surface area contributed by atoms with Gasteiger partial charge in [0.1, 0.15) is 24.7 Å². The lowest BCUT2D eigenvalue weighted by Gasteiger charge is -2.36. The Bertz CT molecular complexity index is 1640. The van der Waals surface area contributed by atoms with Crippen molar-refractivity contribution in [2.75, 3.05) is 14.2 Å². The molecule has 3 heterocycles. The van der Waals surface area contributed by atoms with Gasteiger partial charge in [-0.05, 0) is 13.8 Å². The summed E-state index contributed by atoms with van der Waals surface area (Å²) in [5, 5.41) is 21.8. The van der Waals surface area contributed by atoms with Crippen molar-refractivity contribution in [2.45, 2.75) is 104 Å². The summed E-state index contributed by atoms with van der Waals surface area (Å²) < 4.78 is 34.3. The highest BCUT2D eigenvalue weighted by Crippen LogP contribution is 2.33. The maximum atomic E-state index is 13.3. The molecule has 3 rings (SSSR count). The minimum atomic E-state index is -0.880. The second-order valence-electron chi connectivity index (χ2n) is 14.4. The first-order chi connectivity index (χ1) is 26.8. The average Bonchev–Trinajstić information content (AvgIpc) is 3.85. The Hall–Kier alpha value is -4.88. The highest BCUT2D eigenvalue weighted by molar-refractivity contribution is 5.87. The predicted octanol–water partition coefficient (Wildman–Crippen LogP) is 7.59. The minimum Gasteiger partial charge on any atom is -0.457 e. The second-order valence-corrected chi connectivity index (χ2v) is 14.4. The van der Waals surface area contributed by atoms with E-state index in [0.717, 1.165) is 0 Å². The van der Waals surface area contributed by atoms with Crippen LogP contribution in [0, 0.1) is 10.8 Å². The maximum absolute atomic E-state index is 13.3. The molecule has 12 heteroatoms. The van der Waals surface area contributed by atoms with Crippen molar-refractivity contribution >= 4 is 11.9 Å². The summed E-state index contributed by atoms with van der Waals surface area (Å²) in [5.41, 5.74) is -1.66. The second kappa shape index (κ2) is 22.6. The van der Waals surface area contributed by atoms with Gasteiger partial charge in [-0.25, -0.2) is 19.6 Å². The highest BCUT2D eigenvalue weighted by atomic mass is 16.6. The molecule has 4 bridgehead atoms. The van der Waals surface area contributed by atoms with E-state index in [-0.39, 0.29) is 24.2 Å². The highest BCUT2D eigenvalue weighted by Gasteiger charge is 2.39. The fraction of sp³-hybridized carbons (Fsp3) is 0.455. The molecular weight excluding hydrogens is 716 g/mol. The maximum Gasteiger partial charge on any atom is 0.360 e. The molecule has 0 saturated heterocycles.